The molecule has 0 radical (unpaired) electrons. The molecule has 2 aromatic rings. The number of nitro benzene ring substituents is 1. The Morgan fingerprint density at radius 2 is 2.24 bits per heavy atom. The van der Waals surface area contributed by atoms with Crippen LogP contribution in [0.25, 0.3) is 0 Å². The van der Waals surface area contributed by atoms with E-state index in [9.17, 15) is 10.1 Å². The van der Waals surface area contributed by atoms with E-state index in [-0.39, 0.29) is 11.8 Å². The molecule has 0 aliphatic carbocycles. The van der Waals surface area contributed by atoms with Crippen LogP contribution in [0.2, 0.25) is 0 Å². The van der Waals surface area contributed by atoms with Gasteiger partial charge in [-0.15, -0.1) is 0 Å². The minimum atomic E-state index is -0.422. The molecule has 0 saturated heterocycles. The predicted molar refractivity (Wildman–Crippen MR) is 79.6 cm³/mol. The molecule has 1 aromatic heterocycles. The molecule has 7 heteroatoms. The summed E-state index contributed by atoms with van der Waals surface area (Å²) in [4.78, 5) is 14.5. The molecule has 7 nitrogen and oxygen atoms in total. The molecule has 0 atom stereocenters. The van der Waals surface area contributed by atoms with Crippen molar-refractivity contribution >= 4 is 11.4 Å². The van der Waals surface area contributed by atoms with Crippen LogP contribution in [0, 0.1) is 10.1 Å². The molecule has 1 N–H and O–H groups in total. The first kappa shape index (κ1) is 14.8. The van der Waals surface area contributed by atoms with E-state index in [1.807, 2.05) is 24.6 Å². The van der Waals surface area contributed by atoms with Crippen molar-refractivity contribution in [2.24, 2.45) is 0 Å². The van der Waals surface area contributed by atoms with E-state index in [0.717, 1.165) is 6.54 Å². The van der Waals surface area contributed by atoms with E-state index in [4.69, 9.17) is 4.74 Å². The van der Waals surface area contributed by atoms with Gasteiger partial charge < -0.3 is 14.6 Å². The van der Waals surface area contributed by atoms with Crippen molar-refractivity contribution in [1.82, 2.24) is 9.55 Å². The van der Waals surface area contributed by atoms with E-state index in [1.54, 1.807) is 18.6 Å². The van der Waals surface area contributed by atoms with E-state index >= 15 is 0 Å². The number of imidazole rings is 1. The lowest BCUT2D eigenvalue weighted by Crippen LogP contribution is -2.10. The normalized spacial score (nSPS) is 10.6. The average molecular weight is 290 g/mol. The van der Waals surface area contributed by atoms with Crippen LogP contribution >= 0.6 is 0 Å². The van der Waals surface area contributed by atoms with Crippen LogP contribution in [0.1, 0.15) is 13.8 Å². The van der Waals surface area contributed by atoms with Gasteiger partial charge in [0.2, 0.25) is 0 Å². The Hall–Kier alpha value is -2.57. The second kappa shape index (κ2) is 6.74. The first-order valence-corrected chi connectivity index (χ1v) is 6.70. The Morgan fingerprint density at radius 1 is 1.43 bits per heavy atom. The molecule has 0 aliphatic rings. The summed E-state index contributed by atoms with van der Waals surface area (Å²) in [5.41, 5.74) is 0.679. The molecule has 112 valence electrons. The highest BCUT2D eigenvalue weighted by Crippen LogP contribution is 2.26. The maximum absolute atomic E-state index is 11.0. The Morgan fingerprint density at radius 3 is 2.86 bits per heavy atom. The highest BCUT2D eigenvalue weighted by Gasteiger charge is 2.11. The van der Waals surface area contributed by atoms with Gasteiger partial charge in [0, 0.05) is 43.3 Å². The first-order valence-electron chi connectivity index (χ1n) is 6.70. The first-order chi connectivity index (χ1) is 10.0. The number of anilines is 1. The fourth-order valence-electron chi connectivity index (χ4n) is 1.88. The Balaban J connectivity index is 2.06. The Kier molecular flexibility index (Phi) is 4.76. The summed E-state index contributed by atoms with van der Waals surface area (Å²) in [7, 11) is 0. The van der Waals surface area contributed by atoms with Crippen LogP contribution in [0.3, 0.4) is 0 Å². The molecular weight excluding hydrogens is 272 g/mol. The molecule has 0 fully saturated rings. The number of non-ortho nitro benzene ring substituents is 1. The topological polar surface area (TPSA) is 82.2 Å². The summed E-state index contributed by atoms with van der Waals surface area (Å²) in [6.45, 7) is 5.12. The van der Waals surface area contributed by atoms with Crippen molar-refractivity contribution < 1.29 is 9.66 Å². The minimum absolute atomic E-state index is 0.0123. The molecular formula is C14H18N4O3. The zero-order valence-corrected chi connectivity index (χ0v) is 12.0. The molecule has 0 aliphatic heterocycles. The highest BCUT2D eigenvalue weighted by atomic mass is 16.6. The van der Waals surface area contributed by atoms with Crippen LogP contribution in [0.15, 0.2) is 36.9 Å². The third kappa shape index (κ3) is 4.48. The molecule has 2 rings (SSSR count). The molecule has 0 bridgehead atoms. The van der Waals surface area contributed by atoms with Gasteiger partial charge in [0.25, 0.3) is 5.69 Å². The minimum Gasteiger partial charge on any atom is -0.491 e. The van der Waals surface area contributed by atoms with E-state index < -0.39 is 4.92 Å². The maximum Gasteiger partial charge on any atom is 0.275 e. The number of ether oxygens (including phenoxy) is 1. The van der Waals surface area contributed by atoms with Crippen molar-refractivity contribution in [3.8, 4) is 5.75 Å². The second-order valence-electron chi connectivity index (χ2n) is 4.87. The largest absolute Gasteiger partial charge is 0.491 e. The quantitative estimate of drug-likeness (QED) is 0.626. The van der Waals surface area contributed by atoms with Crippen molar-refractivity contribution in [3.05, 3.63) is 47.0 Å². The summed E-state index contributed by atoms with van der Waals surface area (Å²) in [5.74, 6) is 0.490. The Labute approximate surface area is 122 Å². The number of nitrogens with zero attached hydrogens (tertiary/aromatic N) is 3. The number of nitrogens with one attached hydrogen (secondary N) is 1. The maximum atomic E-state index is 11.0. The van der Waals surface area contributed by atoms with E-state index in [2.05, 4.69) is 10.3 Å². The molecule has 1 aromatic carbocycles. The monoisotopic (exact) mass is 290 g/mol. The van der Waals surface area contributed by atoms with Crippen LogP contribution < -0.4 is 10.1 Å². The van der Waals surface area contributed by atoms with Crippen molar-refractivity contribution in [1.29, 1.82) is 0 Å². The predicted octanol–water partition coefficient (Wildman–Crippen LogP) is 2.69. The number of hydrogen-bond acceptors (Lipinski definition) is 5. The lowest BCUT2D eigenvalue weighted by molar-refractivity contribution is -0.384. The van der Waals surface area contributed by atoms with Gasteiger partial charge >= 0.3 is 0 Å². The number of hydrogen-bond donors (Lipinski definition) is 1. The smallest absolute Gasteiger partial charge is 0.275 e. The molecule has 1 heterocycles. The molecule has 0 amide bonds. The van der Waals surface area contributed by atoms with Gasteiger partial charge in [-0.05, 0) is 13.8 Å². The summed E-state index contributed by atoms with van der Waals surface area (Å²) < 4.78 is 7.46. The van der Waals surface area contributed by atoms with Gasteiger partial charge in [-0.25, -0.2) is 4.98 Å². The summed E-state index contributed by atoms with van der Waals surface area (Å²) in [6, 6.07) is 4.70. The number of rotatable bonds is 7. The zero-order chi connectivity index (χ0) is 15.2. The van der Waals surface area contributed by atoms with Crippen LogP contribution in [0.4, 0.5) is 11.4 Å². The Bertz CT molecular complexity index is 596. The number of aromatic nitrogens is 2. The van der Waals surface area contributed by atoms with Gasteiger partial charge in [0.15, 0.2) is 0 Å². The standard InChI is InChI=1S/C14H18N4O3/c1-11(2)21-14-8-12(7-13(9-14)18(19)20)16-4-6-17-5-3-15-10-17/h3,5,7-11,16H,4,6H2,1-2H3. The molecule has 0 unspecified atom stereocenters. The van der Waals surface area contributed by atoms with Gasteiger partial charge in [0.1, 0.15) is 5.75 Å². The fourth-order valence-corrected chi connectivity index (χ4v) is 1.88. The molecule has 21 heavy (non-hydrogen) atoms. The average Bonchev–Trinajstić information content (AvgIpc) is 2.90. The van der Waals surface area contributed by atoms with E-state index in [0.29, 0.717) is 18.0 Å². The summed E-state index contributed by atoms with van der Waals surface area (Å²) >= 11 is 0. The van der Waals surface area contributed by atoms with Crippen molar-refractivity contribution in [2.45, 2.75) is 26.5 Å². The third-order valence-electron chi connectivity index (χ3n) is 2.73. The van der Waals surface area contributed by atoms with Crippen LogP contribution in [-0.2, 0) is 6.54 Å². The van der Waals surface area contributed by atoms with E-state index in [1.165, 1.54) is 12.1 Å². The lowest BCUT2D eigenvalue weighted by atomic mass is 10.2. The van der Waals surface area contributed by atoms with Crippen molar-refractivity contribution in [2.75, 3.05) is 11.9 Å². The summed E-state index contributed by atoms with van der Waals surface area (Å²) in [6.07, 6.45) is 5.26. The molecule has 0 saturated carbocycles. The van der Waals surface area contributed by atoms with Crippen molar-refractivity contribution in [3.63, 3.8) is 0 Å². The SMILES string of the molecule is CC(C)Oc1cc(NCCn2ccnc2)cc([N+](=O)[O-])c1. The summed E-state index contributed by atoms with van der Waals surface area (Å²) in [5, 5.41) is 14.1. The van der Waals surface area contributed by atoms with Gasteiger partial charge in [0.05, 0.1) is 23.4 Å². The van der Waals surface area contributed by atoms with Gasteiger partial charge in [-0.2, -0.15) is 0 Å². The van der Waals surface area contributed by atoms with Gasteiger partial charge in [-0.1, -0.05) is 0 Å². The second-order valence-corrected chi connectivity index (χ2v) is 4.87. The number of nitro groups is 1. The van der Waals surface area contributed by atoms with Crippen LogP contribution in [-0.4, -0.2) is 27.1 Å². The fraction of sp³-hybridized carbons (Fsp3) is 0.357. The molecule has 0 spiro atoms. The third-order valence-corrected chi connectivity index (χ3v) is 2.73. The highest BCUT2D eigenvalue weighted by molar-refractivity contribution is 5.56. The number of benzene rings is 1. The van der Waals surface area contributed by atoms with Gasteiger partial charge in [-0.3, -0.25) is 10.1 Å². The van der Waals surface area contributed by atoms with Crippen LogP contribution in [0.5, 0.6) is 5.75 Å². The zero-order valence-electron chi connectivity index (χ0n) is 12.0. The lowest BCUT2D eigenvalue weighted by Gasteiger charge is -2.12.